The van der Waals surface area contributed by atoms with Gasteiger partial charge in [-0.25, -0.2) is 0 Å². The number of phenolic OH excluding ortho intramolecular Hbond substituents is 2. The number of hydrogen-bond donors (Lipinski definition) is 3. The van der Waals surface area contributed by atoms with Crippen molar-refractivity contribution in [1.82, 2.24) is 5.32 Å². The molecule has 0 fully saturated rings. The summed E-state index contributed by atoms with van der Waals surface area (Å²) in [5.41, 5.74) is 0.965. The Balaban J connectivity index is 2.46. The van der Waals surface area contributed by atoms with Crippen molar-refractivity contribution in [3.05, 3.63) is 23.8 Å². The molecule has 0 unspecified atom stereocenters. The molecule has 0 amide bonds. The first-order valence-corrected chi connectivity index (χ1v) is 6.44. The van der Waals surface area contributed by atoms with Crippen molar-refractivity contribution >= 4 is 11.8 Å². The lowest BCUT2D eigenvalue weighted by molar-refractivity contribution is 0.403. The molecule has 90 valence electrons. The topological polar surface area (TPSA) is 52.5 Å². The molecule has 4 heteroatoms. The molecule has 0 saturated carbocycles. The molecular weight excluding hydrogens is 222 g/mol. The third-order valence-corrected chi connectivity index (χ3v) is 3.72. The summed E-state index contributed by atoms with van der Waals surface area (Å²) in [6.07, 6.45) is 2.09. The van der Waals surface area contributed by atoms with Gasteiger partial charge in [0.1, 0.15) is 0 Å². The largest absolute Gasteiger partial charge is 0.504 e. The van der Waals surface area contributed by atoms with Gasteiger partial charge in [-0.2, -0.15) is 11.8 Å². The summed E-state index contributed by atoms with van der Waals surface area (Å²) in [5, 5.41) is 21.8. The van der Waals surface area contributed by atoms with Crippen molar-refractivity contribution in [3.8, 4) is 11.5 Å². The van der Waals surface area contributed by atoms with E-state index in [1.54, 1.807) is 12.1 Å². The Morgan fingerprint density at radius 2 is 1.94 bits per heavy atom. The smallest absolute Gasteiger partial charge is 0.157 e. The second-order valence-electron chi connectivity index (χ2n) is 4.39. The van der Waals surface area contributed by atoms with Crippen LogP contribution in [0.2, 0.25) is 0 Å². The number of benzene rings is 1. The van der Waals surface area contributed by atoms with Gasteiger partial charge < -0.3 is 15.5 Å². The first-order chi connectivity index (χ1) is 7.44. The number of thioether (sulfide) groups is 1. The first-order valence-electron chi connectivity index (χ1n) is 5.21. The lowest BCUT2D eigenvalue weighted by atomic mass is 10.1. The van der Waals surface area contributed by atoms with Crippen molar-refractivity contribution in [3.63, 3.8) is 0 Å². The minimum atomic E-state index is -0.0757. The van der Waals surface area contributed by atoms with E-state index in [9.17, 15) is 5.11 Å². The van der Waals surface area contributed by atoms with E-state index in [2.05, 4.69) is 25.4 Å². The van der Waals surface area contributed by atoms with Gasteiger partial charge in [-0.15, -0.1) is 0 Å². The number of phenols is 2. The van der Waals surface area contributed by atoms with Gasteiger partial charge in [0, 0.05) is 17.8 Å². The molecule has 0 aliphatic heterocycles. The van der Waals surface area contributed by atoms with Crippen LogP contribution >= 0.6 is 11.8 Å². The van der Waals surface area contributed by atoms with E-state index in [1.807, 2.05) is 11.8 Å². The highest BCUT2D eigenvalue weighted by molar-refractivity contribution is 7.99. The minimum Gasteiger partial charge on any atom is -0.504 e. The highest BCUT2D eigenvalue weighted by Gasteiger charge is 2.14. The number of nitrogens with one attached hydrogen (secondary N) is 1. The molecule has 0 heterocycles. The molecule has 0 spiro atoms. The highest BCUT2D eigenvalue weighted by Crippen LogP contribution is 2.25. The molecule has 0 aliphatic carbocycles. The Bertz CT molecular complexity index is 353. The number of hydrogen-bond acceptors (Lipinski definition) is 4. The standard InChI is InChI=1S/C12H19NO2S/c1-12(2,16-3)8-13-7-9-4-5-10(14)11(15)6-9/h4-6,13-15H,7-8H2,1-3H3. The van der Waals surface area contributed by atoms with Crippen LogP contribution in [-0.2, 0) is 6.54 Å². The van der Waals surface area contributed by atoms with Gasteiger partial charge in [0.25, 0.3) is 0 Å². The third kappa shape index (κ3) is 3.94. The molecule has 0 bridgehead atoms. The van der Waals surface area contributed by atoms with E-state index < -0.39 is 0 Å². The first kappa shape index (κ1) is 13.2. The van der Waals surface area contributed by atoms with E-state index >= 15 is 0 Å². The van der Waals surface area contributed by atoms with E-state index in [1.165, 1.54) is 6.07 Å². The quantitative estimate of drug-likeness (QED) is 0.693. The van der Waals surface area contributed by atoms with Gasteiger partial charge in [0.05, 0.1) is 0 Å². The SMILES string of the molecule is CSC(C)(C)CNCc1ccc(O)c(O)c1. The van der Waals surface area contributed by atoms with E-state index in [0.29, 0.717) is 6.54 Å². The Morgan fingerprint density at radius 1 is 1.25 bits per heavy atom. The lowest BCUT2D eigenvalue weighted by Crippen LogP contribution is -2.31. The highest BCUT2D eigenvalue weighted by atomic mass is 32.2. The molecule has 0 saturated heterocycles. The minimum absolute atomic E-state index is 0.0663. The van der Waals surface area contributed by atoms with Crippen molar-refractivity contribution < 1.29 is 10.2 Å². The predicted octanol–water partition coefficient (Wildman–Crippen LogP) is 2.33. The van der Waals surface area contributed by atoms with Gasteiger partial charge in [-0.05, 0) is 37.8 Å². The summed E-state index contributed by atoms with van der Waals surface area (Å²) in [6.45, 7) is 5.95. The Hall–Kier alpha value is -0.870. The van der Waals surface area contributed by atoms with Crippen LogP contribution in [0.25, 0.3) is 0 Å². The summed E-state index contributed by atoms with van der Waals surface area (Å²) < 4.78 is 0.207. The summed E-state index contributed by atoms with van der Waals surface area (Å²) in [6, 6.07) is 4.88. The van der Waals surface area contributed by atoms with E-state index in [-0.39, 0.29) is 16.2 Å². The molecular formula is C12H19NO2S. The zero-order chi connectivity index (χ0) is 12.2. The van der Waals surface area contributed by atoms with Crippen molar-refractivity contribution in [2.75, 3.05) is 12.8 Å². The van der Waals surface area contributed by atoms with Gasteiger partial charge in [-0.3, -0.25) is 0 Å². The maximum Gasteiger partial charge on any atom is 0.157 e. The molecule has 1 rings (SSSR count). The molecule has 0 aliphatic rings. The fraction of sp³-hybridized carbons (Fsp3) is 0.500. The molecule has 3 N–H and O–H groups in total. The van der Waals surface area contributed by atoms with Crippen molar-refractivity contribution in [2.45, 2.75) is 25.1 Å². The summed E-state index contributed by atoms with van der Waals surface area (Å²) >= 11 is 1.82. The van der Waals surface area contributed by atoms with E-state index in [4.69, 9.17) is 5.11 Å². The summed E-state index contributed by atoms with van der Waals surface area (Å²) in [7, 11) is 0. The Kier molecular flexibility index (Phi) is 4.50. The van der Waals surface area contributed by atoms with E-state index in [0.717, 1.165) is 12.1 Å². The zero-order valence-corrected chi connectivity index (χ0v) is 10.8. The molecule has 0 aromatic heterocycles. The van der Waals surface area contributed by atoms with Crippen molar-refractivity contribution in [1.29, 1.82) is 0 Å². The van der Waals surface area contributed by atoms with Crippen molar-refractivity contribution in [2.24, 2.45) is 0 Å². The predicted molar refractivity (Wildman–Crippen MR) is 69.1 cm³/mol. The van der Waals surface area contributed by atoms with Crippen LogP contribution in [0.1, 0.15) is 19.4 Å². The Labute approximate surface area is 101 Å². The average molecular weight is 241 g/mol. The second-order valence-corrected chi connectivity index (χ2v) is 5.90. The van der Waals surface area contributed by atoms with Crippen LogP contribution in [0, 0.1) is 0 Å². The third-order valence-electron chi connectivity index (χ3n) is 2.47. The molecule has 1 aromatic rings. The van der Waals surface area contributed by atoms with Crippen LogP contribution in [0.15, 0.2) is 18.2 Å². The summed E-state index contributed by atoms with van der Waals surface area (Å²) in [5.74, 6) is -0.142. The normalized spacial score (nSPS) is 11.7. The van der Waals surface area contributed by atoms with Gasteiger partial charge in [0.2, 0.25) is 0 Å². The maximum absolute atomic E-state index is 9.32. The summed E-state index contributed by atoms with van der Waals surface area (Å²) in [4.78, 5) is 0. The monoisotopic (exact) mass is 241 g/mol. The molecule has 16 heavy (non-hydrogen) atoms. The fourth-order valence-corrected chi connectivity index (χ4v) is 1.51. The van der Waals surface area contributed by atoms with Crippen LogP contribution < -0.4 is 5.32 Å². The number of rotatable bonds is 5. The number of aromatic hydroxyl groups is 2. The van der Waals surface area contributed by atoms with Crippen LogP contribution in [0.3, 0.4) is 0 Å². The van der Waals surface area contributed by atoms with Crippen LogP contribution in [0.5, 0.6) is 11.5 Å². The van der Waals surface area contributed by atoms with Crippen LogP contribution in [-0.4, -0.2) is 27.8 Å². The molecule has 0 radical (unpaired) electrons. The Morgan fingerprint density at radius 3 is 2.50 bits per heavy atom. The fourth-order valence-electron chi connectivity index (χ4n) is 1.26. The van der Waals surface area contributed by atoms with Gasteiger partial charge in [0.15, 0.2) is 11.5 Å². The average Bonchev–Trinajstić information content (AvgIpc) is 2.23. The molecule has 3 nitrogen and oxygen atoms in total. The molecule has 0 atom stereocenters. The second kappa shape index (κ2) is 5.46. The zero-order valence-electron chi connectivity index (χ0n) is 9.95. The van der Waals surface area contributed by atoms with Gasteiger partial charge >= 0.3 is 0 Å². The molecule has 1 aromatic carbocycles. The van der Waals surface area contributed by atoms with Gasteiger partial charge in [-0.1, -0.05) is 6.07 Å². The van der Waals surface area contributed by atoms with Crippen LogP contribution in [0.4, 0.5) is 0 Å². The maximum atomic E-state index is 9.32. The lowest BCUT2D eigenvalue weighted by Gasteiger charge is -2.22.